The molecule has 1 heterocycles. The molecule has 1 aliphatic heterocycles. The lowest BCUT2D eigenvalue weighted by molar-refractivity contribution is 0.415. The zero-order chi connectivity index (χ0) is 34.8. The molecule has 6 aromatic carbocycles. The van der Waals surface area contributed by atoms with E-state index in [-0.39, 0.29) is 5.41 Å². The molecule has 1 aliphatic rings. The van der Waals surface area contributed by atoms with Gasteiger partial charge in [-0.15, -0.1) is 0 Å². The summed E-state index contributed by atoms with van der Waals surface area (Å²) in [7, 11) is 4.79. The van der Waals surface area contributed by atoms with E-state index >= 15 is 0 Å². The Bertz CT molecular complexity index is 1850. The zero-order valence-electron chi connectivity index (χ0n) is 29.1. The molecule has 7 rings (SSSR count). The predicted octanol–water partition coefficient (Wildman–Crippen LogP) is 7.67. The van der Waals surface area contributed by atoms with E-state index in [4.69, 9.17) is 23.7 Å². The standard InChI is InChI=1S/C43H40O5P2/c1-43(2)37-9-7-11-39(49(33-21-13-29(44-3)14-22-33)34-23-15-30(45-4)16-24-34)41(37)48-42-38(43)10-8-12-40(42)50(35-25-17-31(46-5)18-26-35)36-27-19-32(47-6)20-28-36/h7-28H,1-6H3. The zero-order valence-corrected chi connectivity index (χ0v) is 30.9. The van der Waals surface area contributed by atoms with E-state index in [0.717, 1.165) is 34.5 Å². The molecule has 50 heavy (non-hydrogen) atoms. The number of hydrogen-bond donors (Lipinski definition) is 0. The van der Waals surface area contributed by atoms with E-state index < -0.39 is 15.8 Å². The molecule has 0 N–H and O–H groups in total. The van der Waals surface area contributed by atoms with Crippen LogP contribution in [0.25, 0.3) is 0 Å². The first-order valence-corrected chi connectivity index (χ1v) is 19.2. The second-order valence-corrected chi connectivity index (χ2v) is 16.9. The van der Waals surface area contributed by atoms with Crippen LogP contribution in [0.1, 0.15) is 25.0 Å². The lowest BCUT2D eigenvalue weighted by atomic mass is 9.76. The molecule has 0 radical (unpaired) electrons. The van der Waals surface area contributed by atoms with Gasteiger partial charge in [-0.25, -0.2) is 0 Å². The molecule has 0 saturated heterocycles. The van der Waals surface area contributed by atoms with Crippen molar-refractivity contribution in [3.8, 4) is 34.5 Å². The van der Waals surface area contributed by atoms with Gasteiger partial charge in [0.1, 0.15) is 34.5 Å². The summed E-state index contributed by atoms with van der Waals surface area (Å²) in [5.41, 5.74) is 2.02. The Morgan fingerprint density at radius 3 is 0.940 bits per heavy atom. The molecule has 6 aromatic rings. The summed E-state index contributed by atoms with van der Waals surface area (Å²) in [5, 5.41) is 7.16. The lowest BCUT2D eigenvalue weighted by Gasteiger charge is -2.38. The molecule has 0 fully saturated rings. The van der Waals surface area contributed by atoms with Crippen molar-refractivity contribution >= 4 is 47.7 Å². The summed E-state index contributed by atoms with van der Waals surface area (Å²) in [5.74, 6) is 5.17. The van der Waals surface area contributed by atoms with Gasteiger partial charge in [-0.2, -0.15) is 0 Å². The molecule has 0 amide bonds. The molecular formula is C43H40O5P2. The molecular weight excluding hydrogens is 658 g/mol. The number of fused-ring (bicyclic) bond motifs is 2. The van der Waals surface area contributed by atoms with E-state index in [9.17, 15) is 0 Å². The fraction of sp³-hybridized carbons (Fsp3) is 0.163. The minimum atomic E-state index is -1.01. The third-order valence-electron chi connectivity index (χ3n) is 9.34. The third-order valence-corrected chi connectivity index (χ3v) is 14.3. The van der Waals surface area contributed by atoms with Gasteiger partial charge < -0.3 is 23.7 Å². The highest BCUT2D eigenvalue weighted by Gasteiger charge is 2.39. The van der Waals surface area contributed by atoms with E-state index in [1.165, 1.54) is 43.0 Å². The van der Waals surface area contributed by atoms with Crippen molar-refractivity contribution in [3.63, 3.8) is 0 Å². The number of hydrogen-bond acceptors (Lipinski definition) is 5. The molecule has 0 aliphatic carbocycles. The van der Waals surface area contributed by atoms with Gasteiger partial charge in [-0.3, -0.25) is 0 Å². The molecule has 0 spiro atoms. The molecule has 0 unspecified atom stereocenters. The average molecular weight is 699 g/mol. The summed E-state index contributed by atoms with van der Waals surface area (Å²) in [6.45, 7) is 4.62. The third kappa shape index (κ3) is 6.22. The number of rotatable bonds is 10. The lowest BCUT2D eigenvalue weighted by Crippen LogP contribution is -2.32. The second-order valence-electron chi connectivity index (χ2n) is 12.5. The van der Waals surface area contributed by atoms with Crippen molar-refractivity contribution in [2.75, 3.05) is 28.4 Å². The largest absolute Gasteiger partial charge is 0.497 e. The molecule has 7 heteroatoms. The van der Waals surface area contributed by atoms with Crippen LogP contribution in [0.2, 0.25) is 0 Å². The van der Waals surface area contributed by atoms with Crippen LogP contribution in [0.4, 0.5) is 0 Å². The van der Waals surface area contributed by atoms with E-state index in [2.05, 4.69) is 98.8 Å². The van der Waals surface area contributed by atoms with Gasteiger partial charge in [0.05, 0.1) is 28.4 Å². The van der Waals surface area contributed by atoms with E-state index in [0.29, 0.717) is 0 Å². The molecule has 252 valence electrons. The van der Waals surface area contributed by atoms with Gasteiger partial charge in [0.2, 0.25) is 0 Å². The van der Waals surface area contributed by atoms with Gasteiger partial charge in [0, 0.05) is 27.2 Å². The second kappa shape index (κ2) is 14.2. The quantitative estimate of drug-likeness (QED) is 0.138. The number of benzene rings is 6. The van der Waals surface area contributed by atoms with Crippen LogP contribution >= 0.6 is 15.8 Å². The van der Waals surface area contributed by atoms with Crippen molar-refractivity contribution in [1.82, 2.24) is 0 Å². The Labute approximate surface area is 297 Å². The minimum Gasteiger partial charge on any atom is -0.497 e. The summed E-state index contributed by atoms with van der Waals surface area (Å²) in [6.07, 6.45) is 0. The van der Waals surface area contributed by atoms with Gasteiger partial charge >= 0.3 is 0 Å². The van der Waals surface area contributed by atoms with Crippen LogP contribution in [0.5, 0.6) is 34.5 Å². The fourth-order valence-electron chi connectivity index (χ4n) is 6.63. The molecule has 0 bridgehead atoms. The maximum Gasteiger partial charge on any atom is 0.139 e. The molecule has 5 nitrogen and oxygen atoms in total. The van der Waals surface area contributed by atoms with Gasteiger partial charge in [-0.1, -0.05) is 98.8 Å². The van der Waals surface area contributed by atoms with Crippen molar-refractivity contribution < 1.29 is 23.7 Å². The Hall–Kier alpha value is -4.82. The van der Waals surface area contributed by atoms with Crippen LogP contribution < -0.4 is 55.5 Å². The first-order chi connectivity index (χ1) is 24.4. The van der Waals surface area contributed by atoms with Crippen molar-refractivity contribution in [1.29, 1.82) is 0 Å². The van der Waals surface area contributed by atoms with Crippen LogP contribution in [-0.4, -0.2) is 28.4 Å². The van der Waals surface area contributed by atoms with Gasteiger partial charge in [0.25, 0.3) is 0 Å². The summed E-state index contributed by atoms with van der Waals surface area (Å²) >= 11 is 0. The smallest absolute Gasteiger partial charge is 0.139 e. The van der Waals surface area contributed by atoms with Gasteiger partial charge in [0.15, 0.2) is 0 Å². The fourth-order valence-corrected chi connectivity index (χ4v) is 11.3. The Morgan fingerprint density at radius 2 is 0.680 bits per heavy atom. The van der Waals surface area contributed by atoms with E-state index in [1.807, 2.05) is 48.5 Å². The Kier molecular flexibility index (Phi) is 9.56. The highest BCUT2D eigenvalue weighted by Crippen LogP contribution is 2.52. The number of methoxy groups -OCH3 is 4. The first-order valence-electron chi connectivity index (χ1n) is 16.5. The van der Waals surface area contributed by atoms with Crippen LogP contribution in [0, 0.1) is 0 Å². The number of ether oxygens (including phenoxy) is 5. The molecule has 0 saturated carbocycles. The van der Waals surface area contributed by atoms with Crippen molar-refractivity contribution in [3.05, 3.63) is 145 Å². The topological polar surface area (TPSA) is 46.2 Å². The monoisotopic (exact) mass is 698 g/mol. The summed E-state index contributed by atoms with van der Waals surface area (Å²) in [6, 6.07) is 47.0. The first kappa shape index (κ1) is 33.7. The summed E-state index contributed by atoms with van der Waals surface area (Å²) < 4.78 is 29.5. The highest BCUT2D eigenvalue weighted by molar-refractivity contribution is 7.80. The van der Waals surface area contributed by atoms with Crippen LogP contribution in [0.3, 0.4) is 0 Å². The number of para-hydroxylation sites is 2. The summed E-state index contributed by atoms with van der Waals surface area (Å²) in [4.78, 5) is 0. The van der Waals surface area contributed by atoms with Crippen molar-refractivity contribution in [2.24, 2.45) is 0 Å². The Balaban J connectivity index is 1.42. The maximum atomic E-state index is 7.34. The van der Waals surface area contributed by atoms with Crippen LogP contribution in [-0.2, 0) is 5.41 Å². The predicted molar refractivity (Wildman–Crippen MR) is 209 cm³/mol. The maximum absolute atomic E-state index is 7.34. The molecule has 0 aromatic heterocycles. The van der Waals surface area contributed by atoms with E-state index in [1.54, 1.807) is 28.4 Å². The van der Waals surface area contributed by atoms with Crippen LogP contribution in [0.15, 0.2) is 133 Å². The molecule has 0 atom stereocenters. The minimum absolute atomic E-state index is 0.323. The van der Waals surface area contributed by atoms with Crippen molar-refractivity contribution in [2.45, 2.75) is 19.3 Å². The SMILES string of the molecule is COc1ccc(P(c2ccc(OC)cc2)c2cccc3c2Oc2c(P(c4ccc(OC)cc4)c4ccc(OC)cc4)cccc2C3(C)C)cc1. The highest BCUT2D eigenvalue weighted by atomic mass is 31.1. The Morgan fingerprint density at radius 1 is 0.400 bits per heavy atom. The average Bonchev–Trinajstić information content (AvgIpc) is 3.16. The normalized spacial score (nSPS) is 12.9. The van der Waals surface area contributed by atoms with Gasteiger partial charge in [-0.05, 0) is 85.6 Å².